The van der Waals surface area contributed by atoms with Crippen molar-refractivity contribution in [2.45, 2.75) is 37.1 Å². The number of hydrogen-bond acceptors (Lipinski definition) is 3. The highest BCUT2D eigenvalue weighted by Crippen LogP contribution is 2.28. The molecule has 0 radical (unpaired) electrons. The molecule has 2 aromatic carbocycles. The molecule has 0 saturated heterocycles. The Morgan fingerprint density at radius 2 is 1.59 bits per heavy atom. The van der Waals surface area contributed by atoms with E-state index in [-0.39, 0.29) is 21.9 Å². The Kier molecular flexibility index (Phi) is 8.76. The molecule has 2 amide bonds. The average molecular weight is 502 g/mol. The molecule has 0 unspecified atom stereocenters. The third-order valence-corrected chi connectivity index (χ3v) is 7.76. The van der Waals surface area contributed by atoms with Gasteiger partial charge in [-0.25, -0.2) is 22.3 Å². The fourth-order valence-electron chi connectivity index (χ4n) is 3.71. The molecular weight excluding hydrogens is 476 g/mol. The summed E-state index contributed by atoms with van der Waals surface area (Å²) >= 11 is 11.8. The van der Waals surface area contributed by atoms with Crippen LogP contribution in [0.1, 0.15) is 31.2 Å². The predicted molar refractivity (Wildman–Crippen MR) is 124 cm³/mol. The Morgan fingerprint density at radius 1 is 0.938 bits per heavy atom. The van der Waals surface area contributed by atoms with Crippen molar-refractivity contribution in [1.82, 2.24) is 15.4 Å². The highest BCUT2D eigenvalue weighted by Gasteiger charge is 2.24. The normalized spacial score (nSPS) is 18.8. The minimum absolute atomic E-state index is 0.0513. The van der Waals surface area contributed by atoms with Crippen molar-refractivity contribution < 1.29 is 17.6 Å². The second-order valence-corrected chi connectivity index (χ2v) is 10.6. The first-order valence-electron chi connectivity index (χ1n) is 10.4. The first-order valence-corrected chi connectivity index (χ1v) is 12.7. The van der Waals surface area contributed by atoms with E-state index in [2.05, 4.69) is 15.4 Å². The van der Waals surface area contributed by atoms with Crippen LogP contribution in [0.4, 0.5) is 9.18 Å². The first kappa shape index (κ1) is 24.8. The van der Waals surface area contributed by atoms with Gasteiger partial charge in [-0.2, -0.15) is 0 Å². The Balaban J connectivity index is 1.36. The lowest BCUT2D eigenvalue weighted by molar-refractivity contribution is 0.230. The Labute approximate surface area is 197 Å². The lowest BCUT2D eigenvalue weighted by atomic mass is 9.82. The zero-order valence-electron chi connectivity index (χ0n) is 17.4. The van der Waals surface area contributed by atoms with Crippen LogP contribution in [0.3, 0.4) is 0 Å². The number of nitrogens with one attached hydrogen (secondary N) is 3. The topological polar surface area (TPSA) is 87.3 Å². The van der Waals surface area contributed by atoms with Crippen LogP contribution in [-0.4, -0.2) is 27.5 Å². The van der Waals surface area contributed by atoms with Crippen molar-refractivity contribution in [2.75, 3.05) is 13.1 Å². The lowest BCUT2D eigenvalue weighted by Crippen LogP contribution is -2.39. The summed E-state index contributed by atoms with van der Waals surface area (Å²) in [5.41, 5.74) is 0.857. The summed E-state index contributed by atoms with van der Waals surface area (Å²) in [4.78, 5) is 12.0. The minimum Gasteiger partial charge on any atom is -0.338 e. The van der Waals surface area contributed by atoms with Gasteiger partial charge in [0.1, 0.15) is 5.82 Å². The fraction of sp³-hybridized carbons (Fsp3) is 0.409. The molecule has 0 spiro atoms. The number of hydrogen-bond donors (Lipinski definition) is 3. The van der Waals surface area contributed by atoms with Crippen molar-refractivity contribution in [3.8, 4) is 0 Å². The SMILES string of the molecule is O=C(NCc1ccccc1Cl)NCC1CCC(CNS(=O)(=O)c2ccc(F)c(Cl)c2)CC1. The van der Waals surface area contributed by atoms with E-state index >= 15 is 0 Å². The maximum atomic E-state index is 13.3. The standard InChI is InChI=1S/C22H26Cl2FN3O3S/c23-19-4-2-1-3-17(19)14-27-22(29)26-12-15-5-7-16(8-6-15)13-28-32(30,31)18-9-10-21(25)20(24)11-18/h1-4,9-11,15-16,28H,5-8,12-14H2,(H2,26,27,29). The molecule has 1 aliphatic rings. The van der Waals surface area contributed by atoms with Gasteiger partial charge in [0.15, 0.2) is 0 Å². The molecule has 1 fully saturated rings. The van der Waals surface area contributed by atoms with Crippen molar-refractivity contribution in [3.63, 3.8) is 0 Å². The molecule has 3 rings (SSSR count). The van der Waals surface area contributed by atoms with Crippen LogP contribution in [0.5, 0.6) is 0 Å². The molecule has 32 heavy (non-hydrogen) atoms. The van der Waals surface area contributed by atoms with E-state index < -0.39 is 15.8 Å². The first-order chi connectivity index (χ1) is 15.2. The third-order valence-electron chi connectivity index (χ3n) is 5.68. The lowest BCUT2D eigenvalue weighted by Gasteiger charge is -2.28. The highest BCUT2D eigenvalue weighted by atomic mass is 35.5. The van der Waals surface area contributed by atoms with Gasteiger partial charge in [0.25, 0.3) is 0 Å². The predicted octanol–water partition coefficient (Wildman–Crippen LogP) is 4.72. The second-order valence-electron chi connectivity index (χ2n) is 7.97. The molecule has 0 atom stereocenters. The molecule has 0 bridgehead atoms. The number of halogens is 3. The van der Waals surface area contributed by atoms with E-state index in [0.717, 1.165) is 43.4 Å². The van der Waals surface area contributed by atoms with E-state index in [4.69, 9.17) is 23.2 Å². The maximum Gasteiger partial charge on any atom is 0.315 e. The van der Waals surface area contributed by atoms with Crippen LogP contribution in [0.15, 0.2) is 47.4 Å². The van der Waals surface area contributed by atoms with Crippen LogP contribution in [0, 0.1) is 17.7 Å². The van der Waals surface area contributed by atoms with Gasteiger partial charge in [-0.05, 0) is 67.3 Å². The number of urea groups is 1. The zero-order chi connectivity index (χ0) is 23.1. The van der Waals surface area contributed by atoms with Crippen molar-refractivity contribution >= 4 is 39.3 Å². The number of sulfonamides is 1. The Bertz CT molecular complexity index is 1040. The van der Waals surface area contributed by atoms with Gasteiger partial charge in [-0.1, -0.05) is 41.4 Å². The number of carbonyl (C=O) groups is 1. The van der Waals surface area contributed by atoms with E-state index in [1.54, 1.807) is 6.07 Å². The van der Waals surface area contributed by atoms with Crippen LogP contribution < -0.4 is 15.4 Å². The second kappa shape index (κ2) is 11.3. The summed E-state index contributed by atoms with van der Waals surface area (Å²) in [7, 11) is -3.74. The van der Waals surface area contributed by atoms with E-state index in [9.17, 15) is 17.6 Å². The maximum absolute atomic E-state index is 13.3. The molecule has 1 saturated carbocycles. The van der Waals surface area contributed by atoms with Gasteiger partial charge in [0, 0.05) is 24.7 Å². The molecule has 0 aromatic heterocycles. The minimum atomic E-state index is -3.74. The average Bonchev–Trinajstić information content (AvgIpc) is 2.78. The summed E-state index contributed by atoms with van der Waals surface area (Å²) in [6.45, 7) is 1.24. The van der Waals surface area contributed by atoms with E-state index in [1.807, 2.05) is 18.2 Å². The van der Waals surface area contributed by atoms with Gasteiger partial charge in [0.05, 0.1) is 9.92 Å². The number of benzene rings is 2. The number of amides is 2. The summed E-state index contributed by atoms with van der Waals surface area (Å²) < 4.78 is 40.7. The van der Waals surface area contributed by atoms with Crippen molar-refractivity contribution in [1.29, 1.82) is 0 Å². The zero-order valence-corrected chi connectivity index (χ0v) is 19.7. The summed E-state index contributed by atoms with van der Waals surface area (Å²) in [6, 6.07) is 10.5. The van der Waals surface area contributed by atoms with Crippen LogP contribution in [0.25, 0.3) is 0 Å². The summed E-state index contributed by atoms with van der Waals surface area (Å²) in [6.07, 6.45) is 3.53. The molecule has 174 valence electrons. The van der Waals surface area contributed by atoms with Gasteiger partial charge >= 0.3 is 6.03 Å². The van der Waals surface area contributed by atoms with Crippen molar-refractivity contribution in [3.05, 3.63) is 63.9 Å². The smallest absolute Gasteiger partial charge is 0.315 e. The largest absolute Gasteiger partial charge is 0.338 e. The van der Waals surface area contributed by atoms with Gasteiger partial charge < -0.3 is 10.6 Å². The van der Waals surface area contributed by atoms with Gasteiger partial charge in [-0.3, -0.25) is 0 Å². The van der Waals surface area contributed by atoms with E-state index in [1.165, 1.54) is 6.07 Å². The van der Waals surface area contributed by atoms with Crippen LogP contribution in [0.2, 0.25) is 10.0 Å². The monoisotopic (exact) mass is 501 g/mol. The molecule has 6 nitrogen and oxygen atoms in total. The van der Waals surface area contributed by atoms with Crippen LogP contribution >= 0.6 is 23.2 Å². The summed E-state index contributed by atoms with van der Waals surface area (Å²) in [5, 5.41) is 6.09. The molecule has 0 heterocycles. The summed E-state index contributed by atoms with van der Waals surface area (Å²) in [5.74, 6) is -0.0917. The fourth-order valence-corrected chi connectivity index (χ4v) is 5.30. The van der Waals surface area contributed by atoms with Gasteiger partial charge in [-0.15, -0.1) is 0 Å². The molecule has 2 aromatic rings. The van der Waals surface area contributed by atoms with Gasteiger partial charge in [0.2, 0.25) is 10.0 Å². The number of carbonyl (C=O) groups excluding carboxylic acids is 1. The molecular formula is C22H26Cl2FN3O3S. The molecule has 0 aliphatic heterocycles. The van der Waals surface area contributed by atoms with Crippen LogP contribution in [-0.2, 0) is 16.6 Å². The molecule has 10 heteroatoms. The molecule has 3 N–H and O–H groups in total. The van der Waals surface area contributed by atoms with E-state index in [0.29, 0.717) is 30.6 Å². The Hall–Kier alpha value is -1.87. The van der Waals surface area contributed by atoms with Crippen molar-refractivity contribution in [2.24, 2.45) is 11.8 Å². The Morgan fingerprint density at radius 3 is 2.25 bits per heavy atom. The highest BCUT2D eigenvalue weighted by molar-refractivity contribution is 7.89. The third kappa shape index (κ3) is 7.07. The molecule has 1 aliphatic carbocycles. The quantitative estimate of drug-likeness (QED) is 0.489. The number of rotatable bonds is 8.